The van der Waals surface area contributed by atoms with Gasteiger partial charge >= 0.3 is 0 Å². The zero-order valence-corrected chi connectivity index (χ0v) is 13.9. The Balaban J connectivity index is 2.27. The van der Waals surface area contributed by atoms with Gasteiger partial charge in [-0.3, -0.25) is 4.79 Å². The normalized spacial score (nSPS) is 11.7. The van der Waals surface area contributed by atoms with Crippen LogP contribution in [0.1, 0.15) is 10.5 Å². The molecule has 0 fully saturated rings. The Bertz CT molecular complexity index is 991. The van der Waals surface area contributed by atoms with Crippen LogP contribution >= 0.6 is 11.6 Å². The number of nitrogens with one attached hydrogen (secondary N) is 1. The van der Waals surface area contributed by atoms with Crippen molar-refractivity contribution in [3.63, 3.8) is 0 Å². The minimum atomic E-state index is -3.41. The summed E-state index contributed by atoms with van der Waals surface area (Å²) >= 11 is 6.08. The Morgan fingerprint density at radius 3 is 2.48 bits per heavy atom. The smallest absolute Gasteiger partial charge is 0.194 e. The van der Waals surface area contributed by atoms with E-state index in [1.165, 1.54) is 0 Å². The van der Waals surface area contributed by atoms with E-state index >= 15 is 0 Å². The second-order valence-corrected chi connectivity index (χ2v) is 8.00. The molecule has 3 rings (SSSR count). The van der Waals surface area contributed by atoms with Gasteiger partial charge in [0.25, 0.3) is 0 Å². The first-order chi connectivity index (χ1) is 10.8. The first kappa shape index (κ1) is 15.8. The molecule has 0 spiro atoms. The van der Waals surface area contributed by atoms with E-state index in [-0.39, 0.29) is 0 Å². The number of aromatic nitrogens is 1. The second kappa shape index (κ2) is 5.83. The fourth-order valence-corrected chi connectivity index (χ4v) is 3.38. The molecular formula is C17H14ClNO3S. The second-order valence-electron chi connectivity index (χ2n) is 5.42. The van der Waals surface area contributed by atoms with Crippen LogP contribution in [0, 0.1) is 0 Å². The largest absolute Gasteiger partial charge is 0.352 e. The van der Waals surface area contributed by atoms with E-state index in [0.717, 1.165) is 22.7 Å². The third kappa shape index (κ3) is 3.30. The summed E-state index contributed by atoms with van der Waals surface area (Å²) in [4.78, 5) is 15.5. The fraction of sp³-hybridized carbons (Fsp3) is 0.118. The molecule has 0 aliphatic rings. The molecule has 0 atom stereocenters. The van der Waals surface area contributed by atoms with Gasteiger partial charge in [0.2, 0.25) is 0 Å². The molecule has 0 aliphatic carbocycles. The molecule has 0 amide bonds. The SMILES string of the molecule is CS(=O)(=O)CC(=O)c1[nH]c2ccc(Cl)cc2c1-c1ccccc1. The molecule has 3 aromatic rings. The van der Waals surface area contributed by atoms with Gasteiger partial charge in [-0.25, -0.2) is 8.42 Å². The molecule has 0 radical (unpaired) electrons. The van der Waals surface area contributed by atoms with Crippen LogP contribution in [0.3, 0.4) is 0 Å². The number of sulfone groups is 1. The fourth-order valence-electron chi connectivity index (χ4n) is 2.59. The number of fused-ring (bicyclic) bond motifs is 1. The summed E-state index contributed by atoms with van der Waals surface area (Å²) in [6.45, 7) is 0. The number of halogens is 1. The summed E-state index contributed by atoms with van der Waals surface area (Å²) in [5.41, 5.74) is 2.54. The number of H-pyrrole nitrogens is 1. The van der Waals surface area contributed by atoms with Gasteiger partial charge in [-0.15, -0.1) is 0 Å². The number of ketones is 1. The zero-order valence-electron chi connectivity index (χ0n) is 12.3. The third-order valence-electron chi connectivity index (χ3n) is 3.50. The summed E-state index contributed by atoms with van der Waals surface area (Å²) in [5.74, 6) is -0.994. The summed E-state index contributed by atoms with van der Waals surface area (Å²) in [6, 6.07) is 14.6. The molecule has 2 aromatic carbocycles. The van der Waals surface area contributed by atoms with Gasteiger partial charge in [0.05, 0.1) is 5.69 Å². The van der Waals surface area contributed by atoms with Crippen LogP contribution in [0.5, 0.6) is 0 Å². The van der Waals surface area contributed by atoms with Crippen molar-refractivity contribution in [2.45, 2.75) is 0 Å². The summed E-state index contributed by atoms with van der Waals surface area (Å²) in [6.07, 6.45) is 1.05. The molecule has 23 heavy (non-hydrogen) atoms. The summed E-state index contributed by atoms with van der Waals surface area (Å²) in [5, 5.41) is 1.34. The molecule has 1 aromatic heterocycles. The molecule has 0 unspecified atom stereocenters. The van der Waals surface area contributed by atoms with Crippen LogP contribution < -0.4 is 0 Å². The van der Waals surface area contributed by atoms with Crippen molar-refractivity contribution in [2.24, 2.45) is 0 Å². The van der Waals surface area contributed by atoms with Crippen molar-refractivity contribution in [1.82, 2.24) is 4.98 Å². The van der Waals surface area contributed by atoms with Crippen molar-refractivity contribution in [2.75, 3.05) is 12.0 Å². The molecule has 0 aliphatic heterocycles. The standard InChI is InChI=1S/C17H14ClNO3S/c1-23(21,22)10-15(20)17-16(11-5-3-2-4-6-11)13-9-12(18)7-8-14(13)19-17/h2-9,19H,10H2,1H3. The van der Waals surface area contributed by atoms with E-state index < -0.39 is 21.4 Å². The number of hydrogen-bond donors (Lipinski definition) is 1. The maximum Gasteiger partial charge on any atom is 0.194 e. The third-order valence-corrected chi connectivity index (χ3v) is 4.52. The van der Waals surface area contributed by atoms with Crippen molar-refractivity contribution in [3.8, 4) is 11.1 Å². The van der Waals surface area contributed by atoms with E-state index in [1.807, 2.05) is 30.3 Å². The van der Waals surface area contributed by atoms with Gasteiger partial charge in [-0.2, -0.15) is 0 Å². The first-order valence-corrected chi connectivity index (χ1v) is 9.36. The van der Waals surface area contributed by atoms with Gasteiger partial charge < -0.3 is 4.98 Å². The molecule has 0 bridgehead atoms. The van der Waals surface area contributed by atoms with Crippen LogP contribution in [0.2, 0.25) is 5.02 Å². The summed E-state index contributed by atoms with van der Waals surface area (Å²) in [7, 11) is -3.41. The highest BCUT2D eigenvalue weighted by Crippen LogP contribution is 2.34. The van der Waals surface area contributed by atoms with Crippen molar-refractivity contribution < 1.29 is 13.2 Å². The van der Waals surface area contributed by atoms with E-state index in [4.69, 9.17) is 11.6 Å². The molecule has 0 saturated heterocycles. The topological polar surface area (TPSA) is 67.0 Å². The van der Waals surface area contributed by atoms with E-state index in [1.54, 1.807) is 18.2 Å². The van der Waals surface area contributed by atoms with E-state index in [2.05, 4.69) is 4.98 Å². The number of carbonyl (C=O) groups is 1. The van der Waals surface area contributed by atoms with E-state index in [0.29, 0.717) is 16.3 Å². The predicted molar refractivity (Wildman–Crippen MR) is 92.8 cm³/mol. The highest BCUT2D eigenvalue weighted by atomic mass is 35.5. The Hall–Kier alpha value is -2.11. The Kier molecular flexibility index (Phi) is 4.00. The zero-order chi connectivity index (χ0) is 16.6. The quantitative estimate of drug-likeness (QED) is 0.731. The van der Waals surface area contributed by atoms with Gasteiger partial charge in [0.15, 0.2) is 15.6 Å². The average molecular weight is 348 g/mol. The molecule has 6 heteroatoms. The molecule has 1 heterocycles. The number of benzene rings is 2. The van der Waals surface area contributed by atoms with Crippen molar-refractivity contribution >= 4 is 38.1 Å². The van der Waals surface area contributed by atoms with E-state index in [9.17, 15) is 13.2 Å². The van der Waals surface area contributed by atoms with Crippen LogP contribution in [-0.2, 0) is 9.84 Å². The molecule has 0 saturated carbocycles. The molecular weight excluding hydrogens is 334 g/mol. The van der Waals surface area contributed by atoms with Gasteiger partial charge in [-0.05, 0) is 23.8 Å². The predicted octanol–water partition coefficient (Wildman–Crippen LogP) is 3.72. The Morgan fingerprint density at radius 2 is 1.83 bits per heavy atom. The average Bonchev–Trinajstić information content (AvgIpc) is 2.85. The Labute approximate surface area is 139 Å². The highest BCUT2D eigenvalue weighted by molar-refractivity contribution is 7.91. The van der Waals surface area contributed by atoms with Gasteiger partial charge in [-0.1, -0.05) is 41.9 Å². The number of carbonyl (C=O) groups excluding carboxylic acids is 1. The first-order valence-electron chi connectivity index (χ1n) is 6.93. The lowest BCUT2D eigenvalue weighted by Gasteiger charge is -2.04. The van der Waals surface area contributed by atoms with Gasteiger partial charge in [0.1, 0.15) is 5.75 Å². The number of hydrogen-bond acceptors (Lipinski definition) is 3. The van der Waals surface area contributed by atoms with Crippen molar-refractivity contribution in [3.05, 3.63) is 59.2 Å². The van der Waals surface area contributed by atoms with Crippen LogP contribution in [0.4, 0.5) is 0 Å². The highest BCUT2D eigenvalue weighted by Gasteiger charge is 2.22. The molecule has 118 valence electrons. The monoisotopic (exact) mass is 347 g/mol. The number of rotatable bonds is 4. The molecule has 1 N–H and O–H groups in total. The van der Waals surface area contributed by atoms with Crippen LogP contribution in [0.15, 0.2) is 48.5 Å². The number of Topliss-reactive ketones (excluding diaryl/α,β-unsaturated/α-hetero) is 1. The maximum absolute atomic E-state index is 12.5. The lowest BCUT2D eigenvalue weighted by atomic mass is 10.0. The van der Waals surface area contributed by atoms with Crippen LogP contribution in [-0.4, -0.2) is 31.2 Å². The lowest BCUT2D eigenvalue weighted by Crippen LogP contribution is -2.15. The number of aromatic amines is 1. The van der Waals surface area contributed by atoms with Crippen molar-refractivity contribution in [1.29, 1.82) is 0 Å². The Morgan fingerprint density at radius 1 is 1.13 bits per heavy atom. The van der Waals surface area contributed by atoms with Crippen LogP contribution in [0.25, 0.3) is 22.0 Å². The lowest BCUT2D eigenvalue weighted by molar-refractivity contribution is 0.101. The summed E-state index contributed by atoms with van der Waals surface area (Å²) < 4.78 is 23.0. The maximum atomic E-state index is 12.5. The minimum absolute atomic E-state index is 0.291. The minimum Gasteiger partial charge on any atom is -0.352 e. The molecule has 4 nitrogen and oxygen atoms in total. The van der Waals surface area contributed by atoms with Gasteiger partial charge in [0, 0.05) is 27.7 Å².